The average molecular weight is 358 g/mol. The molecule has 0 saturated carbocycles. The van der Waals surface area contributed by atoms with Gasteiger partial charge >= 0.3 is 0 Å². The molecule has 0 saturated heterocycles. The summed E-state index contributed by atoms with van der Waals surface area (Å²) in [6.07, 6.45) is 4.18. The summed E-state index contributed by atoms with van der Waals surface area (Å²) in [5, 5.41) is 12.4. The Kier molecular flexibility index (Phi) is 3.18. The van der Waals surface area contributed by atoms with Gasteiger partial charge < -0.3 is 20.1 Å². The van der Waals surface area contributed by atoms with Gasteiger partial charge in [-0.05, 0) is 42.0 Å². The van der Waals surface area contributed by atoms with E-state index in [9.17, 15) is 9.90 Å². The zero-order chi connectivity index (χ0) is 18.7. The lowest BCUT2D eigenvalue weighted by molar-refractivity contribution is 0.0985. The lowest BCUT2D eigenvalue weighted by Crippen LogP contribution is -2.29. The molecule has 0 spiro atoms. The molecule has 5 rings (SSSR count). The van der Waals surface area contributed by atoms with Crippen LogP contribution in [0, 0.1) is 6.92 Å². The number of carbonyl (C=O) groups excluding carboxylic acids is 1. The number of fused-ring (bicyclic) bond motifs is 4. The summed E-state index contributed by atoms with van der Waals surface area (Å²) in [6.45, 7) is 2.59. The highest BCUT2D eigenvalue weighted by Crippen LogP contribution is 2.41. The van der Waals surface area contributed by atoms with Crippen LogP contribution in [-0.2, 0) is 6.42 Å². The van der Waals surface area contributed by atoms with Crippen molar-refractivity contribution in [2.24, 2.45) is 0 Å². The van der Waals surface area contributed by atoms with Gasteiger partial charge in [0.05, 0.1) is 5.69 Å². The third kappa shape index (κ3) is 2.26. The molecule has 6 heteroatoms. The topological polar surface area (TPSA) is 83.9 Å². The van der Waals surface area contributed by atoms with Crippen LogP contribution in [0.25, 0.3) is 16.4 Å². The molecule has 1 aliphatic rings. The van der Waals surface area contributed by atoms with E-state index in [1.54, 1.807) is 39.9 Å². The third-order valence-corrected chi connectivity index (χ3v) is 5.25. The van der Waals surface area contributed by atoms with Crippen LogP contribution in [0.15, 0.2) is 48.8 Å². The van der Waals surface area contributed by atoms with Gasteiger partial charge in [0, 0.05) is 36.1 Å². The molecule has 0 bridgehead atoms. The minimum Gasteiger partial charge on any atom is -0.507 e. The zero-order valence-electron chi connectivity index (χ0n) is 14.8. The highest BCUT2D eigenvalue weighted by atomic mass is 16.3. The monoisotopic (exact) mass is 358 g/mol. The number of nitrogen functional groups attached to an aromatic ring is 1. The van der Waals surface area contributed by atoms with E-state index in [-0.39, 0.29) is 11.7 Å². The maximum absolute atomic E-state index is 13.1. The molecule has 0 atom stereocenters. The number of nitrogens with zero attached hydrogens (tertiary/aromatic N) is 3. The van der Waals surface area contributed by atoms with Crippen LogP contribution in [0.5, 0.6) is 5.75 Å². The maximum Gasteiger partial charge on any atom is 0.278 e. The quantitative estimate of drug-likeness (QED) is 0.547. The standard InChI is InChI=1S/C21H18N4O2/c1-12-3-2-4-15-18(26)9-17-14(20(12)15)7-8-25(17)21(27)16-11-24-10-13(22)5-6-19(24)23-16/h2-6,9-11,26H,7-8,22H2,1H3. The number of hydrogen-bond donors (Lipinski definition) is 2. The van der Waals surface area contributed by atoms with Gasteiger partial charge in [0.15, 0.2) is 0 Å². The second-order valence-electron chi connectivity index (χ2n) is 6.95. The number of carbonyl (C=O) groups is 1. The number of phenolic OH excluding ortho intramolecular Hbond substituents is 1. The van der Waals surface area contributed by atoms with Crippen molar-refractivity contribution in [3.63, 3.8) is 0 Å². The van der Waals surface area contributed by atoms with E-state index in [0.29, 0.717) is 23.6 Å². The van der Waals surface area contributed by atoms with E-state index in [1.165, 1.54) is 0 Å². The molecular formula is C21H18N4O2. The second-order valence-corrected chi connectivity index (χ2v) is 6.95. The summed E-state index contributed by atoms with van der Waals surface area (Å²) in [5.74, 6) is 0.0123. The largest absolute Gasteiger partial charge is 0.507 e. The van der Waals surface area contributed by atoms with Crippen molar-refractivity contribution in [3.05, 3.63) is 65.6 Å². The molecule has 3 heterocycles. The highest BCUT2D eigenvalue weighted by Gasteiger charge is 2.30. The molecule has 27 heavy (non-hydrogen) atoms. The summed E-state index contributed by atoms with van der Waals surface area (Å²) in [6, 6.07) is 11.1. The number of anilines is 2. The molecule has 134 valence electrons. The fraction of sp³-hybridized carbons (Fsp3) is 0.143. The van der Waals surface area contributed by atoms with Crippen molar-refractivity contribution in [2.45, 2.75) is 13.3 Å². The molecule has 1 aliphatic heterocycles. The van der Waals surface area contributed by atoms with E-state index in [0.717, 1.165) is 34.0 Å². The van der Waals surface area contributed by atoms with E-state index >= 15 is 0 Å². The average Bonchev–Trinajstić information content (AvgIpc) is 3.25. The first-order valence-electron chi connectivity index (χ1n) is 8.83. The Morgan fingerprint density at radius 1 is 1.22 bits per heavy atom. The molecule has 0 fully saturated rings. The first-order chi connectivity index (χ1) is 13.0. The number of phenols is 1. The summed E-state index contributed by atoms with van der Waals surface area (Å²) in [5.41, 5.74) is 10.4. The van der Waals surface area contributed by atoms with Crippen LogP contribution in [0.2, 0.25) is 0 Å². The Morgan fingerprint density at radius 2 is 2.07 bits per heavy atom. The molecule has 2 aromatic carbocycles. The lowest BCUT2D eigenvalue weighted by atomic mass is 9.97. The Balaban J connectivity index is 1.63. The third-order valence-electron chi connectivity index (χ3n) is 5.25. The van der Waals surface area contributed by atoms with Gasteiger partial charge in [-0.3, -0.25) is 4.79 Å². The van der Waals surface area contributed by atoms with Gasteiger partial charge in [0.25, 0.3) is 5.91 Å². The van der Waals surface area contributed by atoms with Gasteiger partial charge in [-0.25, -0.2) is 4.98 Å². The number of benzene rings is 2. The summed E-state index contributed by atoms with van der Waals surface area (Å²) in [4.78, 5) is 19.3. The van der Waals surface area contributed by atoms with Crippen molar-refractivity contribution in [2.75, 3.05) is 17.2 Å². The number of nitrogens with two attached hydrogens (primary N) is 1. The van der Waals surface area contributed by atoms with Gasteiger partial charge in [-0.15, -0.1) is 0 Å². The number of hydrogen-bond acceptors (Lipinski definition) is 4. The van der Waals surface area contributed by atoms with Crippen LogP contribution < -0.4 is 10.6 Å². The Morgan fingerprint density at radius 3 is 2.93 bits per heavy atom. The Hall–Kier alpha value is -3.54. The smallest absolute Gasteiger partial charge is 0.278 e. The summed E-state index contributed by atoms with van der Waals surface area (Å²) < 4.78 is 1.75. The number of aryl methyl sites for hydroxylation is 1. The number of aromatic hydroxyl groups is 1. The number of pyridine rings is 1. The first-order valence-corrected chi connectivity index (χ1v) is 8.83. The summed E-state index contributed by atoms with van der Waals surface area (Å²) in [7, 11) is 0. The summed E-state index contributed by atoms with van der Waals surface area (Å²) >= 11 is 0. The van der Waals surface area contributed by atoms with E-state index in [1.807, 2.05) is 25.1 Å². The van der Waals surface area contributed by atoms with E-state index in [2.05, 4.69) is 4.98 Å². The van der Waals surface area contributed by atoms with Gasteiger partial charge in [0.2, 0.25) is 0 Å². The number of rotatable bonds is 1. The molecule has 0 aliphatic carbocycles. The molecule has 4 aromatic rings. The van der Waals surface area contributed by atoms with Crippen molar-refractivity contribution in [1.82, 2.24) is 9.38 Å². The second kappa shape index (κ2) is 5.48. The molecule has 0 unspecified atom stereocenters. The van der Waals surface area contributed by atoms with Crippen molar-refractivity contribution < 1.29 is 9.90 Å². The van der Waals surface area contributed by atoms with Crippen molar-refractivity contribution >= 4 is 33.7 Å². The van der Waals surface area contributed by atoms with Crippen LogP contribution in [0.4, 0.5) is 11.4 Å². The van der Waals surface area contributed by atoms with Gasteiger partial charge in [-0.1, -0.05) is 18.2 Å². The predicted octanol–water partition coefficient (Wildman–Crippen LogP) is 3.29. The van der Waals surface area contributed by atoms with Crippen LogP contribution in [0.1, 0.15) is 21.6 Å². The van der Waals surface area contributed by atoms with Crippen LogP contribution in [0.3, 0.4) is 0 Å². The molecule has 6 nitrogen and oxygen atoms in total. The minimum absolute atomic E-state index is 0.177. The fourth-order valence-corrected chi connectivity index (χ4v) is 4.00. The minimum atomic E-state index is -0.177. The Labute approximate surface area is 155 Å². The van der Waals surface area contributed by atoms with E-state index in [4.69, 9.17) is 5.73 Å². The molecule has 3 N–H and O–H groups in total. The van der Waals surface area contributed by atoms with Crippen molar-refractivity contribution in [3.8, 4) is 5.75 Å². The maximum atomic E-state index is 13.1. The number of imidazole rings is 1. The molecule has 2 aromatic heterocycles. The molecule has 1 amide bonds. The lowest BCUT2D eigenvalue weighted by Gasteiger charge is -2.17. The highest BCUT2D eigenvalue weighted by molar-refractivity contribution is 6.09. The normalized spacial score (nSPS) is 13.4. The fourth-order valence-electron chi connectivity index (χ4n) is 4.00. The van der Waals surface area contributed by atoms with Crippen molar-refractivity contribution in [1.29, 1.82) is 0 Å². The van der Waals surface area contributed by atoms with Crippen LogP contribution in [-0.4, -0.2) is 26.9 Å². The predicted molar refractivity (Wildman–Crippen MR) is 105 cm³/mol. The SMILES string of the molecule is Cc1cccc2c(O)cc3c(c12)CCN3C(=O)c1cn2cc(N)ccc2n1. The van der Waals surface area contributed by atoms with Gasteiger partial charge in [-0.2, -0.15) is 0 Å². The number of aromatic nitrogens is 2. The first kappa shape index (κ1) is 15.7. The van der Waals surface area contributed by atoms with E-state index < -0.39 is 0 Å². The molecular weight excluding hydrogens is 340 g/mol. The molecule has 0 radical (unpaired) electrons. The number of amides is 1. The van der Waals surface area contributed by atoms with Gasteiger partial charge in [0.1, 0.15) is 17.1 Å². The van der Waals surface area contributed by atoms with Crippen LogP contribution >= 0.6 is 0 Å². The Bertz CT molecular complexity index is 1240. The zero-order valence-corrected chi connectivity index (χ0v) is 14.8.